The van der Waals surface area contributed by atoms with Crippen LogP contribution in [0.15, 0.2) is 4.42 Å². The van der Waals surface area contributed by atoms with E-state index in [4.69, 9.17) is 4.42 Å². The second-order valence-electron chi connectivity index (χ2n) is 3.80. The number of hydrogen-bond acceptors (Lipinski definition) is 6. The van der Waals surface area contributed by atoms with Gasteiger partial charge in [-0.1, -0.05) is 5.10 Å². The molecule has 0 radical (unpaired) electrons. The fourth-order valence-corrected chi connectivity index (χ4v) is 2.92. The maximum atomic E-state index is 11.7. The Morgan fingerprint density at radius 1 is 1.56 bits per heavy atom. The van der Waals surface area contributed by atoms with Gasteiger partial charge >= 0.3 is 6.01 Å². The van der Waals surface area contributed by atoms with E-state index in [1.807, 2.05) is 0 Å². The first kappa shape index (κ1) is 11.3. The third kappa shape index (κ3) is 2.92. The topological polar surface area (TPSA) is 97.1 Å². The molecule has 2 heterocycles. The van der Waals surface area contributed by atoms with Gasteiger partial charge in [0.2, 0.25) is 15.9 Å². The fourth-order valence-electron chi connectivity index (χ4n) is 1.68. The molecular formula is C8H14N4O3S. The maximum absolute atomic E-state index is 11.7. The lowest BCUT2D eigenvalue weighted by molar-refractivity contribution is 0.533. The highest BCUT2D eigenvalue weighted by molar-refractivity contribution is 7.92. The van der Waals surface area contributed by atoms with Crippen molar-refractivity contribution in [1.82, 2.24) is 15.5 Å². The summed E-state index contributed by atoms with van der Waals surface area (Å²) in [6, 6.07) is -0.0583. The first-order chi connectivity index (χ1) is 7.55. The number of aromatic nitrogens is 2. The predicted octanol–water partition coefficient (Wildman–Crippen LogP) is -0.128. The summed E-state index contributed by atoms with van der Waals surface area (Å²) < 4.78 is 30.6. The van der Waals surface area contributed by atoms with Crippen LogP contribution in [0.3, 0.4) is 0 Å². The Bertz CT molecular complexity index is 450. The minimum Gasteiger partial charge on any atom is -0.408 e. The van der Waals surface area contributed by atoms with Crippen LogP contribution in [0.4, 0.5) is 6.01 Å². The van der Waals surface area contributed by atoms with E-state index in [0.717, 1.165) is 19.4 Å². The molecule has 1 aliphatic heterocycles. The lowest BCUT2D eigenvalue weighted by Gasteiger charge is -2.10. The van der Waals surface area contributed by atoms with E-state index >= 15 is 0 Å². The molecule has 16 heavy (non-hydrogen) atoms. The lowest BCUT2D eigenvalue weighted by atomic mass is 10.3. The molecule has 0 saturated carbocycles. The molecule has 1 atom stereocenters. The van der Waals surface area contributed by atoms with Gasteiger partial charge in [-0.15, -0.1) is 5.10 Å². The summed E-state index contributed by atoms with van der Waals surface area (Å²) in [6.07, 6.45) is 1.89. The number of sulfonamides is 1. The molecule has 2 rings (SSSR count). The van der Waals surface area contributed by atoms with E-state index in [-0.39, 0.29) is 17.8 Å². The molecule has 8 heteroatoms. The average molecular weight is 246 g/mol. The van der Waals surface area contributed by atoms with Crippen molar-refractivity contribution >= 4 is 16.0 Å². The molecule has 1 aromatic heterocycles. The van der Waals surface area contributed by atoms with Gasteiger partial charge in [-0.25, -0.2) is 13.1 Å². The molecule has 90 valence electrons. The number of hydrogen-bond donors (Lipinski definition) is 2. The van der Waals surface area contributed by atoms with Crippen LogP contribution in [0.2, 0.25) is 0 Å². The van der Waals surface area contributed by atoms with Gasteiger partial charge in [0, 0.05) is 13.0 Å². The average Bonchev–Trinajstić information content (AvgIpc) is 2.76. The van der Waals surface area contributed by atoms with Crippen LogP contribution < -0.4 is 10.0 Å². The minimum absolute atomic E-state index is 0.0153. The van der Waals surface area contributed by atoms with Crippen molar-refractivity contribution in [3.8, 4) is 0 Å². The summed E-state index contributed by atoms with van der Waals surface area (Å²) in [5.41, 5.74) is 0. The molecule has 1 aromatic rings. The largest absolute Gasteiger partial charge is 0.408 e. The highest BCUT2D eigenvalue weighted by atomic mass is 32.2. The van der Waals surface area contributed by atoms with E-state index in [9.17, 15) is 8.42 Å². The highest BCUT2D eigenvalue weighted by Crippen LogP contribution is 2.11. The number of nitrogens with zero attached hydrogens (tertiary/aromatic N) is 2. The highest BCUT2D eigenvalue weighted by Gasteiger charge is 2.23. The third-order valence-electron chi connectivity index (χ3n) is 2.35. The van der Waals surface area contributed by atoms with E-state index in [1.54, 1.807) is 6.92 Å². The molecule has 1 saturated heterocycles. The molecule has 0 spiro atoms. The second-order valence-corrected chi connectivity index (χ2v) is 5.57. The van der Waals surface area contributed by atoms with Crippen molar-refractivity contribution in [2.75, 3.05) is 17.0 Å². The molecule has 7 nitrogen and oxygen atoms in total. The van der Waals surface area contributed by atoms with E-state index in [2.05, 4.69) is 20.2 Å². The summed E-state index contributed by atoms with van der Waals surface area (Å²) in [5.74, 6) is 0.366. The molecule has 1 fully saturated rings. The van der Waals surface area contributed by atoms with Crippen LogP contribution in [-0.4, -0.2) is 37.0 Å². The molecule has 0 aliphatic carbocycles. The summed E-state index contributed by atoms with van der Waals surface area (Å²) >= 11 is 0. The first-order valence-electron chi connectivity index (χ1n) is 5.09. The Morgan fingerprint density at radius 2 is 2.38 bits per heavy atom. The number of rotatable bonds is 4. The van der Waals surface area contributed by atoms with Gasteiger partial charge in [-0.3, -0.25) is 0 Å². The smallest absolute Gasteiger partial charge is 0.329 e. The minimum atomic E-state index is -3.41. The van der Waals surface area contributed by atoms with Crippen LogP contribution in [0.25, 0.3) is 0 Å². The zero-order valence-corrected chi connectivity index (χ0v) is 9.75. The van der Waals surface area contributed by atoms with Crippen molar-refractivity contribution in [2.45, 2.75) is 25.8 Å². The molecule has 0 aromatic carbocycles. The summed E-state index contributed by atoms with van der Waals surface area (Å²) in [5, 5.41) is 10.2. The third-order valence-corrected chi connectivity index (χ3v) is 3.68. The fraction of sp³-hybridized carbons (Fsp3) is 0.750. The van der Waals surface area contributed by atoms with Crippen LogP contribution in [0, 0.1) is 6.92 Å². The van der Waals surface area contributed by atoms with E-state index in [0.29, 0.717) is 5.89 Å². The molecule has 1 unspecified atom stereocenters. The molecule has 0 amide bonds. The quantitative estimate of drug-likeness (QED) is 0.768. The monoisotopic (exact) mass is 246 g/mol. The Morgan fingerprint density at radius 3 is 2.94 bits per heavy atom. The predicted molar refractivity (Wildman–Crippen MR) is 57.5 cm³/mol. The van der Waals surface area contributed by atoms with Gasteiger partial charge in [0.05, 0.1) is 5.75 Å². The van der Waals surface area contributed by atoms with Gasteiger partial charge < -0.3 is 9.73 Å². The lowest BCUT2D eigenvalue weighted by Crippen LogP contribution is -2.32. The Hall–Kier alpha value is -1.15. The standard InChI is InChI=1S/C8H14N4O3S/c1-6-10-11-8(15-6)12-16(13,14)5-7-3-2-4-9-7/h7,9H,2-5H2,1H3,(H,11,12). The summed E-state index contributed by atoms with van der Waals surface area (Å²) in [7, 11) is -3.41. The van der Waals surface area contributed by atoms with Crippen molar-refractivity contribution in [3.63, 3.8) is 0 Å². The number of nitrogens with one attached hydrogen (secondary N) is 2. The second kappa shape index (κ2) is 4.38. The molecule has 0 bridgehead atoms. The SMILES string of the molecule is Cc1nnc(NS(=O)(=O)CC2CCCN2)o1. The molecular weight excluding hydrogens is 232 g/mol. The van der Waals surface area contributed by atoms with Crippen LogP contribution >= 0.6 is 0 Å². The Labute approximate surface area is 93.7 Å². The van der Waals surface area contributed by atoms with E-state index < -0.39 is 10.0 Å². The van der Waals surface area contributed by atoms with Crippen molar-refractivity contribution in [3.05, 3.63) is 5.89 Å². The van der Waals surface area contributed by atoms with Crippen molar-refractivity contribution in [1.29, 1.82) is 0 Å². The van der Waals surface area contributed by atoms with Crippen LogP contribution in [-0.2, 0) is 10.0 Å². The molecule has 2 N–H and O–H groups in total. The summed E-state index contributed by atoms with van der Waals surface area (Å²) in [6.45, 7) is 2.48. The van der Waals surface area contributed by atoms with Gasteiger partial charge in [-0.2, -0.15) is 0 Å². The van der Waals surface area contributed by atoms with Gasteiger partial charge in [0.25, 0.3) is 0 Å². The Kier molecular flexibility index (Phi) is 3.10. The number of aryl methyl sites for hydroxylation is 1. The van der Waals surface area contributed by atoms with E-state index in [1.165, 1.54) is 0 Å². The maximum Gasteiger partial charge on any atom is 0.329 e. The normalized spacial score (nSPS) is 21.2. The van der Waals surface area contributed by atoms with Gasteiger partial charge in [0.1, 0.15) is 0 Å². The zero-order chi connectivity index (χ0) is 11.6. The van der Waals surface area contributed by atoms with Crippen molar-refractivity contribution < 1.29 is 12.8 Å². The van der Waals surface area contributed by atoms with Gasteiger partial charge in [0.15, 0.2) is 0 Å². The first-order valence-corrected chi connectivity index (χ1v) is 6.74. The molecule has 1 aliphatic rings. The zero-order valence-electron chi connectivity index (χ0n) is 8.93. The van der Waals surface area contributed by atoms with Crippen molar-refractivity contribution in [2.24, 2.45) is 0 Å². The van der Waals surface area contributed by atoms with Gasteiger partial charge in [-0.05, 0) is 19.4 Å². The Balaban J connectivity index is 1.96. The van der Waals surface area contributed by atoms with Crippen LogP contribution in [0.5, 0.6) is 0 Å². The summed E-state index contributed by atoms with van der Waals surface area (Å²) in [4.78, 5) is 0. The number of anilines is 1. The van der Waals surface area contributed by atoms with Crippen LogP contribution in [0.1, 0.15) is 18.7 Å².